The van der Waals surface area contributed by atoms with E-state index in [1.165, 1.54) is 31.4 Å². The molecule has 0 unspecified atom stereocenters. The van der Waals surface area contributed by atoms with Crippen molar-refractivity contribution in [2.45, 2.75) is 39.8 Å². The Hall–Kier alpha value is -4.82. The Bertz CT molecular complexity index is 2160. The van der Waals surface area contributed by atoms with Crippen LogP contribution in [-0.4, -0.2) is 55.0 Å². The molecule has 2 heterocycles. The molecule has 4 aromatic carbocycles. The third-order valence-electron chi connectivity index (χ3n) is 7.74. The molecule has 0 bridgehead atoms. The summed E-state index contributed by atoms with van der Waals surface area (Å²) in [6, 6.07) is 22.5. The third kappa shape index (κ3) is 12.1. The molecule has 6 aromatic rings. The Morgan fingerprint density at radius 1 is 0.667 bits per heavy atom. The van der Waals surface area contributed by atoms with Crippen LogP contribution in [0.3, 0.4) is 0 Å². The fraction of sp³-hybridized carbons (Fsp3) is 0.189. The van der Waals surface area contributed by atoms with E-state index >= 15 is 0 Å². The van der Waals surface area contributed by atoms with Gasteiger partial charge >= 0.3 is 30.8 Å². The monoisotopic (exact) mass is 774 g/mol. The Morgan fingerprint density at radius 3 is 1.39 bits per heavy atom. The van der Waals surface area contributed by atoms with Gasteiger partial charge in [0.2, 0.25) is 0 Å². The minimum absolute atomic E-state index is 0. The summed E-state index contributed by atoms with van der Waals surface area (Å²) in [6.45, 7) is 7.45. The van der Waals surface area contributed by atoms with E-state index in [0.29, 0.717) is 39.9 Å². The first kappa shape index (κ1) is 49.2. The minimum atomic E-state index is -0.957. The number of hydrogen-bond donors (Lipinski definition) is 3. The number of halogens is 2. The molecule has 0 fully saturated rings. The fourth-order valence-corrected chi connectivity index (χ4v) is 5.17. The Kier molecular flexibility index (Phi) is 19.8. The van der Waals surface area contributed by atoms with Gasteiger partial charge in [0, 0.05) is 35.0 Å². The smallest absolute Gasteiger partial charge is 0.870 e. The van der Waals surface area contributed by atoms with Crippen LogP contribution < -0.4 is 29.5 Å². The maximum atomic E-state index is 13.4. The number of ether oxygens (including phenoxy) is 1. The van der Waals surface area contributed by atoms with Crippen LogP contribution in [0.2, 0.25) is 0 Å². The number of carbonyl (C=O) groups excluding carboxylic acids is 1. The summed E-state index contributed by atoms with van der Waals surface area (Å²) in [4.78, 5) is 39.8. The van der Waals surface area contributed by atoms with Gasteiger partial charge in [-0.25, -0.2) is 38.3 Å². The van der Waals surface area contributed by atoms with Crippen LogP contribution in [0.4, 0.5) is 20.4 Å². The molecule has 12 nitrogen and oxygen atoms in total. The fourth-order valence-electron chi connectivity index (χ4n) is 5.17. The van der Waals surface area contributed by atoms with E-state index in [1.54, 1.807) is 62.4 Å². The van der Waals surface area contributed by atoms with Crippen molar-refractivity contribution in [2.24, 2.45) is 0 Å². The van der Waals surface area contributed by atoms with E-state index in [-0.39, 0.29) is 92.1 Å². The number of esters is 1. The maximum Gasteiger partial charge on any atom is 1.00 e. The second-order valence-corrected chi connectivity index (χ2v) is 11.3. The normalized spacial score (nSPS) is 10.9. The number of carboxylic acid groups (broad SMARTS) is 1. The third-order valence-corrected chi connectivity index (χ3v) is 7.74. The molecule has 0 aliphatic carbocycles. The number of benzene rings is 4. The van der Waals surface area contributed by atoms with Gasteiger partial charge in [-0.2, -0.15) is 27.0 Å². The van der Waals surface area contributed by atoms with E-state index in [2.05, 4.69) is 30.6 Å². The number of nitrogens with zero attached hydrogens (tertiary/aromatic N) is 4. The Labute approximate surface area is 336 Å². The SMILES string of the molecule is COC(=O)c1ccc([C@H](C)Nc2nc(C)nc3cc(F)ccc23)cc1.Cc1nc(N[C@@H](C)c2ccc(C(=O)O)cc2)c2ccc(F)cc2n1.O.S.S.[Li+].[OH-]. The number of carbonyl (C=O) groups is 2. The molecule has 2 atom stereocenters. The van der Waals surface area contributed by atoms with Crippen LogP contribution in [0.15, 0.2) is 84.9 Å². The molecule has 17 heteroatoms. The summed E-state index contributed by atoms with van der Waals surface area (Å²) in [7, 11) is 1.35. The molecule has 0 radical (unpaired) electrons. The number of methoxy groups -OCH3 is 1. The van der Waals surface area contributed by atoms with Crippen LogP contribution in [-0.2, 0) is 4.74 Å². The zero-order valence-corrected chi connectivity index (χ0v) is 32.4. The number of fused-ring (bicyclic) bond motifs is 2. The summed E-state index contributed by atoms with van der Waals surface area (Å²) in [6.07, 6.45) is 0. The van der Waals surface area contributed by atoms with Gasteiger partial charge < -0.3 is 31.4 Å². The van der Waals surface area contributed by atoms with Crippen molar-refractivity contribution in [3.05, 3.63) is 130 Å². The van der Waals surface area contributed by atoms with E-state index in [4.69, 9.17) is 9.84 Å². The molecule has 0 aliphatic heterocycles. The molecule has 0 saturated heterocycles. The van der Waals surface area contributed by atoms with Crippen LogP contribution in [0, 0.1) is 25.5 Å². The summed E-state index contributed by atoms with van der Waals surface area (Å²) in [5.74, 6) is 0.372. The van der Waals surface area contributed by atoms with Gasteiger partial charge in [0.25, 0.3) is 0 Å². The number of aromatic nitrogens is 4. The molecular weight excluding hydrogens is 734 g/mol. The second kappa shape index (κ2) is 21.8. The number of rotatable bonds is 8. The molecule has 6 N–H and O–H groups in total. The summed E-state index contributed by atoms with van der Waals surface area (Å²) in [5.41, 5.74) is 3.74. The first-order valence-corrected chi connectivity index (χ1v) is 15.3. The van der Waals surface area contributed by atoms with E-state index in [0.717, 1.165) is 21.9 Å². The first-order chi connectivity index (χ1) is 23.4. The molecule has 0 aliphatic rings. The van der Waals surface area contributed by atoms with E-state index in [9.17, 15) is 18.4 Å². The van der Waals surface area contributed by atoms with Gasteiger partial charge in [0.1, 0.15) is 34.9 Å². The Morgan fingerprint density at radius 2 is 1.04 bits per heavy atom. The zero-order valence-electron chi connectivity index (χ0n) is 30.4. The molecule has 282 valence electrons. The molecule has 54 heavy (non-hydrogen) atoms. The predicted octanol–water partition coefficient (Wildman–Crippen LogP) is 4.21. The standard InChI is InChI=1S/C19H18FN3O2.C18H16FN3O2.Li.2H2O.2H2S/c1-11(13-4-6-14(7-5-13)19(24)25-3)21-18-16-9-8-15(20)10-17(16)22-12(2)23-18;1-10(12-3-5-13(6-4-12)18(23)24)20-17-15-8-7-14(19)9-16(15)21-11(2)22-17;;;;;/h4-11H,1-3H3,(H,21,22,23);3-10H,1-2H3,(H,23,24)(H,20,21,22);;4*1H2/q;;+1;;;;/p-1/t11-;10-;;;;;/m00...../s1. The maximum absolute atomic E-state index is 13.4. The molecule has 0 saturated carbocycles. The van der Waals surface area contributed by atoms with Gasteiger partial charge in [-0.15, -0.1) is 0 Å². The van der Waals surface area contributed by atoms with E-state index < -0.39 is 5.97 Å². The first-order valence-electron chi connectivity index (χ1n) is 15.3. The summed E-state index contributed by atoms with van der Waals surface area (Å²) in [5, 5.41) is 17.1. The van der Waals surface area contributed by atoms with Crippen LogP contribution in [0.5, 0.6) is 0 Å². The number of aromatic carboxylic acids is 1. The molecular formula is C37H41F2LiN6O6S2. The second-order valence-electron chi connectivity index (χ2n) is 11.3. The van der Waals surface area contributed by atoms with Crippen molar-refractivity contribution < 1.29 is 58.0 Å². The number of hydrogen-bond acceptors (Lipinski definition) is 10. The molecule has 6 rings (SSSR count). The summed E-state index contributed by atoms with van der Waals surface area (Å²) >= 11 is 0. The average molecular weight is 775 g/mol. The van der Waals surface area contributed by atoms with Gasteiger partial charge in [0.05, 0.1) is 29.3 Å². The number of carboxylic acids is 1. The van der Waals surface area contributed by atoms with Gasteiger partial charge in [-0.05, 0) is 87.4 Å². The van der Waals surface area contributed by atoms with Crippen molar-refractivity contribution in [3.8, 4) is 0 Å². The summed E-state index contributed by atoms with van der Waals surface area (Å²) < 4.78 is 31.5. The van der Waals surface area contributed by atoms with E-state index in [1.807, 2.05) is 26.0 Å². The number of aryl methyl sites for hydroxylation is 2. The van der Waals surface area contributed by atoms with Crippen molar-refractivity contribution in [1.29, 1.82) is 0 Å². The van der Waals surface area contributed by atoms with Gasteiger partial charge in [0.15, 0.2) is 0 Å². The molecule has 0 spiro atoms. The number of nitrogens with one attached hydrogen (secondary N) is 2. The van der Waals surface area contributed by atoms with Crippen LogP contribution >= 0.6 is 27.0 Å². The minimum Gasteiger partial charge on any atom is -0.870 e. The van der Waals surface area contributed by atoms with Crippen molar-refractivity contribution >= 4 is 72.4 Å². The van der Waals surface area contributed by atoms with Crippen molar-refractivity contribution in [1.82, 2.24) is 19.9 Å². The number of anilines is 2. The van der Waals surface area contributed by atoms with Crippen LogP contribution in [0.1, 0.15) is 69.4 Å². The van der Waals surface area contributed by atoms with Crippen LogP contribution in [0.25, 0.3) is 21.8 Å². The van der Waals surface area contributed by atoms with Gasteiger partial charge in [-0.3, -0.25) is 0 Å². The largest absolute Gasteiger partial charge is 1.00 e. The predicted molar refractivity (Wildman–Crippen MR) is 210 cm³/mol. The molecule has 0 amide bonds. The quantitative estimate of drug-likeness (QED) is 0.148. The average Bonchev–Trinajstić information content (AvgIpc) is 3.07. The topological polar surface area (TPSA) is 201 Å². The van der Waals surface area contributed by atoms with Crippen molar-refractivity contribution in [2.75, 3.05) is 17.7 Å². The zero-order chi connectivity index (χ0) is 35.2. The Balaban J connectivity index is 0.000000953. The van der Waals surface area contributed by atoms with Crippen molar-refractivity contribution in [3.63, 3.8) is 0 Å². The van der Waals surface area contributed by atoms with Gasteiger partial charge in [-0.1, -0.05) is 24.3 Å². The molecule has 2 aromatic heterocycles.